The highest BCUT2D eigenvalue weighted by Gasteiger charge is 2.32. The maximum absolute atomic E-state index is 11.7. The second-order valence-electron chi connectivity index (χ2n) is 12.3. The molecule has 0 atom stereocenters. The number of rotatable bonds is 43. The van der Waals surface area contributed by atoms with E-state index in [1.165, 1.54) is 12.1 Å². The summed E-state index contributed by atoms with van der Waals surface area (Å²) in [5.74, 6) is -1.75. The Balaban J connectivity index is 1.17. The third-order valence-corrected chi connectivity index (χ3v) is 7.69. The fourth-order valence-corrected chi connectivity index (χ4v) is 4.67. The zero-order valence-corrected chi connectivity index (χ0v) is 34.5. The van der Waals surface area contributed by atoms with Crippen molar-refractivity contribution in [3.8, 4) is 0 Å². The summed E-state index contributed by atoms with van der Waals surface area (Å²) in [5, 5.41) is 25.3. The third kappa shape index (κ3) is 28.2. The lowest BCUT2D eigenvalue weighted by Crippen LogP contribution is -2.32. The van der Waals surface area contributed by atoms with Crippen LogP contribution in [-0.4, -0.2) is 198 Å². The first-order valence-electron chi connectivity index (χ1n) is 20.0. The van der Waals surface area contributed by atoms with Crippen LogP contribution in [0.4, 0.5) is 17.1 Å². The van der Waals surface area contributed by atoms with E-state index in [1.54, 1.807) is 0 Å². The second kappa shape index (κ2) is 36.6. The van der Waals surface area contributed by atoms with Gasteiger partial charge < -0.3 is 67.0 Å². The summed E-state index contributed by atoms with van der Waals surface area (Å²) in [4.78, 5) is 59.9. The molecule has 1 aromatic rings. The number of carbonyl (C=O) groups excluding carboxylic acids is 3. The molecule has 0 aromatic heterocycles. The van der Waals surface area contributed by atoms with Crippen LogP contribution in [0.2, 0.25) is 0 Å². The molecule has 1 saturated heterocycles. The Labute approximate surface area is 353 Å². The van der Waals surface area contributed by atoms with Gasteiger partial charge >= 0.3 is 5.97 Å². The molecule has 1 aliphatic heterocycles. The quantitative estimate of drug-likeness (QED) is 0.0416. The molecule has 1 N–H and O–H groups in total. The normalized spacial score (nSPS) is 12.7. The number of nitro benzene ring substituents is 2. The molecule has 0 aliphatic carbocycles. The number of non-ortho nitro benzene ring substituents is 1. The molecule has 1 aromatic carbocycles. The first-order valence-corrected chi connectivity index (χ1v) is 20.0. The SMILES string of the molecule is O=C(CCOCCOCCOCCOCCOCCOCCOCCOCCOCCOCCOCCOCCNc1ccc([N+](=O)[O-])cc1[N+](=O)[O-])ON1C(=O)CCC1=O. The Kier molecular flexibility index (Phi) is 31.8. The van der Waals surface area contributed by atoms with Gasteiger partial charge in [-0.15, -0.1) is 5.06 Å². The topological polar surface area (TPSA) is 273 Å². The van der Waals surface area contributed by atoms with Gasteiger partial charge in [0, 0.05) is 25.5 Å². The molecule has 61 heavy (non-hydrogen) atoms. The number of carbonyl (C=O) groups is 3. The van der Waals surface area contributed by atoms with Crippen molar-refractivity contribution < 1.29 is 85.9 Å². The fourth-order valence-electron chi connectivity index (χ4n) is 4.67. The van der Waals surface area contributed by atoms with Crippen LogP contribution in [0, 0.1) is 20.2 Å². The standard InChI is InChI=1S/C37H60N4O20/c42-35-3-4-36(43)39(35)61-37(44)5-7-49-9-11-51-13-15-53-17-19-55-21-23-57-25-27-59-29-30-60-28-26-58-24-22-56-20-18-54-16-14-52-12-10-50-8-6-38-33-2-1-32(40(45)46)31-34(33)41(47)48/h1-2,31,38H,3-30H2. The molecule has 348 valence electrons. The van der Waals surface area contributed by atoms with Crippen LogP contribution in [0.1, 0.15) is 19.3 Å². The number of nitrogens with zero attached hydrogens (tertiary/aromatic N) is 3. The minimum atomic E-state index is -0.710. The minimum absolute atomic E-state index is 0.0487. The number of hydroxylamine groups is 2. The molecule has 0 radical (unpaired) electrons. The van der Waals surface area contributed by atoms with E-state index in [1.807, 2.05) is 0 Å². The van der Waals surface area contributed by atoms with Crippen LogP contribution in [0.25, 0.3) is 0 Å². The van der Waals surface area contributed by atoms with E-state index in [0.717, 1.165) is 6.07 Å². The Morgan fingerprint density at radius 3 is 1.16 bits per heavy atom. The van der Waals surface area contributed by atoms with E-state index >= 15 is 0 Å². The van der Waals surface area contributed by atoms with Crippen LogP contribution in [0.5, 0.6) is 0 Å². The number of amides is 2. The first kappa shape index (κ1) is 53.1. The second-order valence-corrected chi connectivity index (χ2v) is 12.3. The number of benzene rings is 1. The average molecular weight is 881 g/mol. The van der Waals surface area contributed by atoms with Crippen LogP contribution in [-0.2, 0) is 76.1 Å². The molecule has 24 heteroatoms. The van der Waals surface area contributed by atoms with Gasteiger partial charge in [-0.25, -0.2) is 4.79 Å². The van der Waals surface area contributed by atoms with Crippen molar-refractivity contribution in [2.24, 2.45) is 0 Å². The van der Waals surface area contributed by atoms with Gasteiger partial charge in [-0.1, -0.05) is 0 Å². The van der Waals surface area contributed by atoms with Crippen molar-refractivity contribution >= 4 is 34.8 Å². The van der Waals surface area contributed by atoms with Crippen molar-refractivity contribution in [2.45, 2.75) is 19.3 Å². The Morgan fingerprint density at radius 2 is 0.836 bits per heavy atom. The van der Waals surface area contributed by atoms with E-state index in [0.29, 0.717) is 144 Å². The molecule has 0 saturated carbocycles. The summed E-state index contributed by atoms with van der Waals surface area (Å²) in [7, 11) is 0. The van der Waals surface area contributed by atoms with Crippen molar-refractivity contribution in [1.29, 1.82) is 0 Å². The Hall–Kier alpha value is -4.05. The molecule has 24 nitrogen and oxygen atoms in total. The van der Waals surface area contributed by atoms with Crippen molar-refractivity contribution in [3.63, 3.8) is 0 Å². The van der Waals surface area contributed by atoms with Crippen molar-refractivity contribution in [2.75, 3.05) is 170 Å². The Morgan fingerprint density at radius 1 is 0.508 bits per heavy atom. The maximum Gasteiger partial charge on any atom is 0.335 e. The lowest BCUT2D eigenvalue weighted by molar-refractivity contribution is -0.393. The molecular weight excluding hydrogens is 820 g/mol. The predicted octanol–water partition coefficient (Wildman–Crippen LogP) is 1.11. The summed E-state index contributed by atoms with van der Waals surface area (Å²) in [6.45, 7) is 9.54. The van der Waals surface area contributed by atoms with Gasteiger partial charge in [-0.05, 0) is 6.07 Å². The third-order valence-electron chi connectivity index (χ3n) is 7.69. The maximum atomic E-state index is 11.7. The largest absolute Gasteiger partial charge is 0.378 e. The van der Waals surface area contributed by atoms with Gasteiger partial charge in [0.15, 0.2) is 0 Å². The molecule has 1 heterocycles. The van der Waals surface area contributed by atoms with E-state index in [2.05, 4.69) is 5.32 Å². The fraction of sp³-hybridized carbons (Fsp3) is 0.757. The number of ether oxygens (including phenoxy) is 12. The van der Waals surface area contributed by atoms with E-state index in [4.69, 9.17) is 61.7 Å². The van der Waals surface area contributed by atoms with Crippen LogP contribution >= 0.6 is 0 Å². The molecular formula is C37H60N4O20. The minimum Gasteiger partial charge on any atom is -0.378 e. The zero-order chi connectivity index (χ0) is 44.0. The number of hydrogen-bond acceptors (Lipinski definition) is 21. The number of hydrogen-bond donors (Lipinski definition) is 1. The lowest BCUT2D eigenvalue weighted by atomic mass is 10.2. The summed E-state index contributed by atoms with van der Waals surface area (Å²) in [5.41, 5.74) is -0.553. The summed E-state index contributed by atoms with van der Waals surface area (Å²) >= 11 is 0. The van der Waals surface area contributed by atoms with Crippen LogP contribution in [0.15, 0.2) is 18.2 Å². The molecule has 2 rings (SSSR count). The van der Waals surface area contributed by atoms with Crippen molar-refractivity contribution in [3.05, 3.63) is 38.4 Å². The predicted molar refractivity (Wildman–Crippen MR) is 210 cm³/mol. The monoisotopic (exact) mass is 880 g/mol. The van der Waals surface area contributed by atoms with E-state index in [-0.39, 0.29) is 62.7 Å². The lowest BCUT2D eigenvalue weighted by Gasteiger charge is -2.12. The number of imide groups is 1. The number of nitro groups is 2. The van der Waals surface area contributed by atoms with E-state index in [9.17, 15) is 34.6 Å². The molecule has 1 fully saturated rings. The summed E-state index contributed by atoms with van der Waals surface area (Å²) < 4.78 is 65.1. The van der Waals surface area contributed by atoms with E-state index < -0.39 is 27.6 Å². The van der Waals surface area contributed by atoms with Gasteiger partial charge in [0.25, 0.3) is 23.2 Å². The highest BCUT2D eigenvalue weighted by atomic mass is 16.7. The van der Waals surface area contributed by atoms with Gasteiger partial charge in [0.1, 0.15) is 5.69 Å². The van der Waals surface area contributed by atoms with Gasteiger partial charge in [-0.3, -0.25) is 29.8 Å². The number of nitrogens with one attached hydrogen (secondary N) is 1. The smallest absolute Gasteiger partial charge is 0.335 e. The first-order chi connectivity index (χ1) is 29.8. The van der Waals surface area contributed by atoms with Crippen molar-refractivity contribution in [1.82, 2.24) is 5.06 Å². The van der Waals surface area contributed by atoms with Crippen LogP contribution < -0.4 is 5.32 Å². The molecule has 0 unspecified atom stereocenters. The highest BCUT2D eigenvalue weighted by molar-refractivity contribution is 6.01. The molecule has 1 aliphatic rings. The molecule has 0 spiro atoms. The molecule has 2 amide bonds. The summed E-state index contributed by atoms with van der Waals surface area (Å²) in [6.07, 6.45) is 0.0108. The van der Waals surface area contributed by atoms with Crippen LogP contribution in [0.3, 0.4) is 0 Å². The van der Waals surface area contributed by atoms with Gasteiger partial charge in [0.05, 0.1) is 181 Å². The summed E-state index contributed by atoms with van der Waals surface area (Å²) in [6, 6.07) is 3.41. The van der Waals surface area contributed by atoms with Gasteiger partial charge in [0.2, 0.25) is 0 Å². The average Bonchev–Trinajstić information content (AvgIpc) is 3.56. The highest BCUT2D eigenvalue weighted by Crippen LogP contribution is 2.28. The van der Waals surface area contributed by atoms with Gasteiger partial charge in [-0.2, -0.15) is 0 Å². The zero-order valence-electron chi connectivity index (χ0n) is 34.5. The molecule has 0 bridgehead atoms. The number of anilines is 1. The Bertz CT molecular complexity index is 1350.